The standard InChI is InChI=1S/C18H20N4O4S/c1-5-8-22-15(24)12(14(23)21-16(22)27)9-11-6-7-19-10-13(11)20-17(25)26-18(2,3)4/h5-7,9-10H,1,8H2,2-4H3,(H,20,25)(H,21,23,27). The number of rotatable bonds is 4. The summed E-state index contributed by atoms with van der Waals surface area (Å²) in [6, 6.07) is 1.56. The second kappa shape index (κ2) is 8.09. The zero-order valence-electron chi connectivity index (χ0n) is 15.2. The molecule has 8 nitrogen and oxygen atoms in total. The predicted molar refractivity (Wildman–Crippen MR) is 105 cm³/mol. The largest absolute Gasteiger partial charge is 0.444 e. The molecule has 0 atom stereocenters. The summed E-state index contributed by atoms with van der Waals surface area (Å²) < 4.78 is 5.21. The van der Waals surface area contributed by atoms with Gasteiger partial charge in [-0.25, -0.2) is 4.79 Å². The first-order chi connectivity index (χ1) is 12.6. The monoisotopic (exact) mass is 388 g/mol. The number of anilines is 1. The fraction of sp³-hybridized carbons (Fsp3) is 0.278. The highest BCUT2D eigenvalue weighted by Gasteiger charge is 2.32. The van der Waals surface area contributed by atoms with Crippen LogP contribution in [0.25, 0.3) is 6.08 Å². The van der Waals surface area contributed by atoms with Gasteiger partial charge in [0.25, 0.3) is 11.8 Å². The fourth-order valence-corrected chi connectivity index (χ4v) is 2.44. The molecule has 1 aliphatic rings. The fourth-order valence-electron chi connectivity index (χ4n) is 2.19. The van der Waals surface area contributed by atoms with E-state index in [1.54, 1.807) is 26.8 Å². The zero-order chi connectivity index (χ0) is 20.2. The second-order valence-corrected chi connectivity index (χ2v) is 7.00. The van der Waals surface area contributed by atoms with Crippen LogP contribution in [0, 0.1) is 0 Å². The lowest BCUT2D eigenvalue weighted by Gasteiger charge is -2.27. The molecule has 0 radical (unpaired) electrons. The van der Waals surface area contributed by atoms with Gasteiger partial charge in [0, 0.05) is 18.3 Å². The number of carbonyl (C=O) groups is 3. The Labute approximate surface area is 162 Å². The van der Waals surface area contributed by atoms with E-state index in [4.69, 9.17) is 17.0 Å². The molecule has 0 saturated carbocycles. The first kappa shape index (κ1) is 20.2. The van der Waals surface area contributed by atoms with Crippen LogP contribution in [0.15, 0.2) is 36.7 Å². The Balaban J connectivity index is 2.34. The Hall–Kier alpha value is -3.07. The third kappa shape index (κ3) is 5.20. The molecule has 1 aromatic heterocycles. The Morgan fingerprint density at radius 1 is 1.44 bits per heavy atom. The summed E-state index contributed by atoms with van der Waals surface area (Å²) in [5, 5.41) is 5.04. The van der Waals surface area contributed by atoms with Crippen molar-refractivity contribution in [1.82, 2.24) is 15.2 Å². The van der Waals surface area contributed by atoms with Crippen molar-refractivity contribution in [2.45, 2.75) is 26.4 Å². The van der Waals surface area contributed by atoms with E-state index >= 15 is 0 Å². The average molecular weight is 388 g/mol. The van der Waals surface area contributed by atoms with Gasteiger partial charge in [-0.15, -0.1) is 6.58 Å². The van der Waals surface area contributed by atoms with E-state index in [0.29, 0.717) is 11.3 Å². The summed E-state index contributed by atoms with van der Waals surface area (Å²) in [4.78, 5) is 42.0. The minimum Gasteiger partial charge on any atom is -0.444 e. The molecule has 2 rings (SSSR count). The molecule has 2 heterocycles. The topological polar surface area (TPSA) is 101 Å². The lowest BCUT2D eigenvalue weighted by molar-refractivity contribution is -0.128. The van der Waals surface area contributed by atoms with E-state index in [1.807, 2.05) is 0 Å². The van der Waals surface area contributed by atoms with Crippen molar-refractivity contribution in [1.29, 1.82) is 0 Å². The van der Waals surface area contributed by atoms with Gasteiger partial charge in [0.2, 0.25) is 0 Å². The van der Waals surface area contributed by atoms with Gasteiger partial charge in [-0.2, -0.15) is 0 Å². The van der Waals surface area contributed by atoms with Crippen molar-refractivity contribution < 1.29 is 19.1 Å². The number of aromatic nitrogens is 1. The third-order valence-corrected chi connectivity index (χ3v) is 3.61. The van der Waals surface area contributed by atoms with Crippen LogP contribution in [0.4, 0.5) is 10.5 Å². The molecule has 1 saturated heterocycles. The Kier molecular flexibility index (Phi) is 6.06. The van der Waals surface area contributed by atoms with Crippen LogP contribution in [0.2, 0.25) is 0 Å². The number of nitrogens with one attached hydrogen (secondary N) is 2. The Morgan fingerprint density at radius 2 is 2.15 bits per heavy atom. The predicted octanol–water partition coefficient (Wildman–Crippen LogP) is 2.24. The molecular weight excluding hydrogens is 368 g/mol. The van der Waals surface area contributed by atoms with E-state index in [9.17, 15) is 14.4 Å². The van der Waals surface area contributed by atoms with Gasteiger partial charge in [-0.3, -0.25) is 30.1 Å². The van der Waals surface area contributed by atoms with Gasteiger partial charge in [-0.05, 0) is 45.1 Å². The van der Waals surface area contributed by atoms with Gasteiger partial charge >= 0.3 is 6.09 Å². The minimum atomic E-state index is -0.677. The molecule has 0 aliphatic carbocycles. The van der Waals surface area contributed by atoms with Gasteiger partial charge in [0.15, 0.2) is 5.11 Å². The average Bonchev–Trinajstić information content (AvgIpc) is 2.55. The van der Waals surface area contributed by atoms with E-state index in [-0.39, 0.29) is 17.2 Å². The maximum atomic E-state index is 12.6. The number of hydrogen-bond acceptors (Lipinski definition) is 6. The number of nitrogens with zero attached hydrogens (tertiary/aromatic N) is 2. The maximum absolute atomic E-state index is 12.6. The van der Waals surface area contributed by atoms with Crippen LogP contribution in [0.5, 0.6) is 0 Å². The highest BCUT2D eigenvalue weighted by atomic mass is 32.1. The van der Waals surface area contributed by atoms with Crippen LogP contribution in [0.3, 0.4) is 0 Å². The summed E-state index contributed by atoms with van der Waals surface area (Å²) in [5.74, 6) is -1.17. The van der Waals surface area contributed by atoms with Crippen molar-refractivity contribution in [3.05, 3.63) is 42.3 Å². The van der Waals surface area contributed by atoms with E-state index in [2.05, 4.69) is 22.2 Å². The Morgan fingerprint density at radius 3 is 2.78 bits per heavy atom. The molecule has 0 aromatic carbocycles. The van der Waals surface area contributed by atoms with Crippen molar-refractivity contribution >= 4 is 47.0 Å². The lowest BCUT2D eigenvalue weighted by atomic mass is 10.1. The summed E-state index contributed by atoms with van der Waals surface area (Å²) in [6.07, 6.45) is 5.06. The first-order valence-electron chi connectivity index (χ1n) is 8.06. The molecule has 0 spiro atoms. The highest BCUT2D eigenvalue weighted by Crippen LogP contribution is 2.21. The summed E-state index contributed by atoms with van der Waals surface area (Å²) in [5.41, 5.74) is -0.0849. The van der Waals surface area contributed by atoms with Crippen LogP contribution < -0.4 is 10.6 Å². The number of pyridine rings is 1. The molecule has 27 heavy (non-hydrogen) atoms. The zero-order valence-corrected chi connectivity index (χ0v) is 16.1. The normalized spacial score (nSPS) is 16.2. The number of carbonyl (C=O) groups excluding carboxylic acids is 3. The molecule has 3 amide bonds. The molecule has 1 fully saturated rings. The molecule has 2 N–H and O–H groups in total. The third-order valence-electron chi connectivity index (χ3n) is 3.29. The van der Waals surface area contributed by atoms with Crippen molar-refractivity contribution in [2.75, 3.05) is 11.9 Å². The van der Waals surface area contributed by atoms with Gasteiger partial charge in [0.05, 0.1) is 11.9 Å². The molecule has 1 aliphatic heterocycles. The molecular formula is C18H20N4O4S. The minimum absolute atomic E-state index is 0.0175. The number of thiocarbonyl (C=S) groups is 1. The van der Waals surface area contributed by atoms with Crippen molar-refractivity contribution in [3.63, 3.8) is 0 Å². The van der Waals surface area contributed by atoms with E-state index in [0.717, 1.165) is 0 Å². The van der Waals surface area contributed by atoms with Crippen LogP contribution in [0.1, 0.15) is 26.3 Å². The van der Waals surface area contributed by atoms with Gasteiger partial charge < -0.3 is 4.74 Å². The van der Waals surface area contributed by atoms with E-state index < -0.39 is 23.5 Å². The number of ether oxygens (including phenoxy) is 1. The molecule has 142 valence electrons. The number of amides is 3. The van der Waals surface area contributed by atoms with Crippen LogP contribution in [-0.2, 0) is 14.3 Å². The molecule has 1 aromatic rings. The first-order valence-corrected chi connectivity index (χ1v) is 8.47. The van der Waals surface area contributed by atoms with Crippen LogP contribution in [-0.4, -0.2) is 45.0 Å². The molecule has 0 bridgehead atoms. The Bertz CT molecular complexity index is 842. The smallest absolute Gasteiger partial charge is 0.412 e. The van der Waals surface area contributed by atoms with Crippen molar-refractivity contribution in [3.8, 4) is 0 Å². The second-order valence-electron chi connectivity index (χ2n) is 6.61. The lowest BCUT2D eigenvalue weighted by Crippen LogP contribution is -2.53. The van der Waals surface area contributed by atoms with E-state index in [1.165, 1.54) is 29.4 Å². The SMILES string of the molecule is C=CCN1C(=O)C(=Cc2ccncc2NC(=O)OC(C)(C)C)C(=O)NC1=S. The van der Waals surface area contributed by atoms with Gasteiger partial charge in [0.1, 0.15) is 11.2 Å². The van der Waals surface area contributed by atoms with Crippen LogP contribution >= 0.6 is 12.2 Å². The number of hydrogen-bond donors (Lipinski definition) is 2. The summed E-state index contributed by atoms with van der Waals surface area (Å²) in [7, 11) is 0. The maximum Gasteiger partial charge on any atom is 0.412 e. The highest BCUT2D eigenvalue weighted by molar-refractivity contribution is 7.80. The van der Waals surface area contributed by atoms with Gasteiger partial charge in [-0.1, -0.05) is 6.08 Å². The molecule has 9 heteroatoms. The quantitative estimate of drug-likeness (QED) is 0.355. The summed E-state index contributed by atoms with van der Waals surface area (Å²) >= 11 is 5.01. The van der Waals surface area contributed by atoms with Crippen molar-refractivity contribution in [2.24, 2.45) is 0 Å². The summed E-state index contributed by atoms with van der Waals surface area (Å²) in [6.45, 7) is 8.94. The molecule has 0 unspecified atom stereocenters.